The van der Waals surface area contributed by atoms with Crippen LogP contribution >= 0.6 is 11.8 Å². The number of aromatic nitrogens is 2. The van der Waals surface area contributed by atoms with Gasteiger partial charge in [0.1, 0.15) is 11.1 Å². The average molecular weight is 361 g/mol. The Labute approximate surface area is 156 Å². The Morgan fingerprint density at radius 3 is 2.88 bits per heavy atom. The zero-order valence-corrected chi connectivity index (χ0v) is 15.4. The van der Waals surface area contributed by atoms with Crippen molar-refractivity contribution in [1.82, 2.24) is 9.97 Å². The lowest BCUT2D eigenvalue weighted by molar-refractivity contribution is 0.0990. The van der Waals surface area contributed by atoms with E-state index in [-0.39, 0.29) is 11.0 Å². The number of rotatable bonds is 4. The largest absolute Gasteiger partial charge is 0.352 e. The molecule has 0 bridgehead atoms. The molecule has 1 N–H and O–H groups in total. The molecule has 1 unspecified atom stereocenters. The lowest BCUT2D eigenvalue weighted by Gasteiger charge is -2.17. The molecule has 26 heavy (non-hydrogen) atoms. The number of nitrogens with one attached hydrogen (secondary N) is 1. The van der Waals surface area contributed by atoms with Gasteiger partial charge in [-0.1, -0.05) is 30.0 Å². The summed E-state index contributed by atoms with van der Waals surface area (Å²) in [5.41, 5.74) is 4.40. The fraction of sp³-hybridized carbons (Fsp3) is 0.286. The Morgan fingerprint density at radius 1 is 1.27 bits per heavy atom. The highest BCUT2D eigenvalue weighted by Crippen LogP contribution is 2.31. The van der Waals surface area contributed by atoms with Gasteiger partial charge in [-0.15, -0.1) is 0 Å². The van der Waals surface area contributed by atoms with Crippen LogP contribution < -0.4 is 0 Å². The summed E-state index contributed by atoms with van der Waals surface area (Å²) < 4.78 is 0. The van der Waals surface area contributed by atoms with Crippen LogP contribution in [0.5, 0.6) is 0 Å². The third kappa shape index (κ3) is 3.13. The SMILES string of the molecule is CC(Sc1nc2c(cc1C#N)CCCC2)C(=O)c1cc2ccccc2[nH]1. The van der Waals surface area contributed by atoms with Crippen LogP contribution in [0.15, 0.2) is 41.4 Å². The van der Waals surface area contributed by atoms with E-state index in [1.165, 1.54) is 17.3 Å². The van der Waals surface area contributed by atoms with E-state index in [1.54, 1.807) is 0 Å². The second kappa shape index (κ2) is 6.97. The molecule has 0 amide bonds. The number of nitriles is 1. The number of benzene rings is 1. The topological polar surface area (TPSA) is 69.5 Å². The maximum absolute atomic E-state index is 12.8. The molecule has 0 saturated heterocycles. The van der Waals surface area contributed by atoms with Crippen LogP contribution in [0.2, 0.25) is 0 Å². The minimum absolute atomic E-state index is 0.0228. The van der Waals surface area contributed by atoms with Gasteiger partial charge in [-0.05, 0) is 56.4 Å². The van der Waals surface area contributed by atoms with Gasteiger partial charge in [0.25, 0.3) is 0 Å². The van der Waals surface area contributed by atoms with Crippen LogP contribution in [0.25, 0.3) is 10.9 Å². The minimum atomic E-state index is -0.315. The number of hydrogen-bond donors (Lipinski definition) is 1. The van der Waals surface area contributed by atoms with Crippen LogP contribution in [0, 0.1) is 11.3 Å². The molecule has 3 aromatic rings. The molecular weight excluding hydrogens is 342 g/mol. The highest BCUT2D eigenvalue weighted by molar-refractivity contribution is 8.00. The Hall–Kier alpha value is -2.58. The summed E-state index contributed by atoms with van der Waals surface area (Å²) in [6.45, 7) is 1.88. The molecule has 0 spiro atoms. The zero-order valence-electron chi connectivity index (χ0n) is 14.6. The molecule has 1 aliphatic rings. The second-order valence-corrected chi connectivity index (χ2v) is 7.99. The molecule has 0 saturated carbocycles. The number of pyridine rings is 1. The molecule has 0 aliphatic heterocycles. The molecule has 5 heteroatoms. The van der Waals surface area contributed by atoms with Crippen molar-refractivity contribution < 1.29 is 4.79 Å². The Kier molecular flexibility index (Phi) is 4.52. The quantitative estimate of drug-likeness (QED) is 0.541. The molecule has 4 rings (SSSR count). The van der Waals surface area contributed by atoms with Gasteiger partial charge in [-0.25, -0.2) is 4.98 Å². The molecule has 0 fully saturated rings. The summed E-state index contributed by atoms with van der Waals surface area (Å²) in [6.07, 6.45) is 4.24. The highest BCUT2D eigenvalue weighted by Gasteiger charge is 2.22. The van der Waals surface area contributed by atoms with E-state index in [0.717, 1.165) is 42.3 Å². The van der Waals surface area contributed by atoms with Crippen molar-refractivity contribution in [2.45, 2.75) is 42.9 Å². The van der Waals surface area contributed by atoms with Crippen LogP contribution in [0.4, 0.5) is 0 Å². The van der Waals surface area contributed by atoms with Crippen molar-refractivity contribution >= 4 is 28.4 Å². The summed E-state index contributed by atoms with van der Waals surface area (Å²) in [7, 11) is 0. The predicted molar refractivity (Wildman–Crippen MR) is 104 cm³/mol. The van der Waals surface area contributed by atoms with Gasteiger partial charge in [0, 0.05) is 16.6 Å². The molecular formula is C21H19N3OS. The van der Waals surface area contributed by atoms with Gasteiger partial charge in [0.2, 0.25) is 0 Å². The van der Waals surface area contributed by atoms with Gasteiger partial charge >= 0.3 is 0 Å². The maximum Gasteiger partial charge on any atom is 0.192 e. The summed E-state index contributed by atoms with van der Waals surface area (Å²) in [6, 6.07) is 13.9. The molecule has 1 aliphatic carbocycles. The monoisotopic (exact) mass is 361 g/mol. The van der Waals surface area contributed by atoms with E-state index >= 15 is 0 Å². The number of H-pyrrole nitrogens is 1. The number of Topliss-reactive ketones (excluding diaryl/α,β-unsaturated/α-hetero) is 1. The molecule has 1 atom stereocenters. The van der Waals surface area contributed by atoms with Gasteiger partial charge in [0.05, 0.1) is 16.5 Å². The molecule has 2 aromatic heterocycles. The Balaban J connectivity index is 1.60. The number of fused-ring (bicyclic) bond motifs is 2. The number of aromatic amines is 1. The van der Waals surface area contributed by atoms with Gasteiger partial charge < -0.3 is 4.98 Å². The number of nitrogens with zero attached hydrogens (tertiary/aromatic N) is 2. The third-order valence-corrected chi connectivity index (χ3v) is 5.94. The number of thioether (sulfide) groups is 1. The van der Waals surface area contributed by atoms with E-state index in [2.05, 4.69) is 11.1 Å². The Bertz CT molecular complexity index is 998. The van der Waals surface area contributed by atoms with Crippen molar-refractivity contribution in [3.05, 3.63) is 58.9 Å². The molecule has 130 valence electrons. The smallest absolute Gasteiger partial charge is 0.192 e. The lowest BCUT2D eigenvalue weighted by Crippen LogP contribution is -2.15. The van der Waals surface area contributed by atoms with Crippen molar-refractivity contribution in [2.24, 2.45) is 0 Å². The fourth-order valence-corrected chi connectivity index (χ4v) is 4.39. The first-order valence-electron chi connectivity index (χ1n) is 8.87. The number of para-hydroxylation sites is 1. The van der Waals surface area contributed by atoms with Crippen LogP contribution in [0.3, 0.4) is 0 Å². The van der Waals surface area contributed by atoms with Gasteiger partial charge in [0.15, 0.2) is 5.78 Å². The predicted octanol–water partition coefficient (Wildman–Crippen LogP) is 4.68. The lowest BCUT2D eigenvalue weighted by atomic mass is 9.95. The average Bonchev–Trinajstić information content (AvgIpc) is 3.11. The van der Waals surface area contributed by atoms with Crippen molar-refractivity contribution in [1.29, 1.82) is 5.26 Å². The van der Waals surface area contributed by atoms with Crippen molar-refractivity contribution in [3.8, 4) is 6.07 Å². The fourth-order valence-electron chi connectivity index (χ4n) is 3.43. The normalized spacial score (nSPS) is 14.6. The summed E-state index contributed by atoms with van der Waals surface area (Å²) >= 11 is 1.38. The zero-order chi connectivity index (χ0) is 18.1. The van der Waals surface area contributed by atoms with Crippen molar-refractivity contribution in [3.63, 3.8) is 0 Å². The van der Waals surface area contributed by atoms with Crippen LogP contribution in [-0.2, 0) is 12.8 Å². The number of ketones is 1. The second-order valence-electron chi connectivity index (χ2n) is 6.66. The molecule has 2 heterocycles. The number of carbonyl (C=O) groups is 1. The standard InChI is InChI=1S/C21H19N3OS/c1-13(20(25)19-11-15-7-3-4-8-17(15)23-19)26-21-16(12-22)10-14-6-2-5-9-18(14)24-21/h3-4,7-8,10-11,13,23H,2,5-6,9H2,1H3. The van der Waals surface area contributed by atoms with E-state index in [0.29, 0.717) is 16.3 Å². The highest BCUT2D eigenvalue weighted by atomic mass is 32.2. The van der Waals surface area contributed by atoms with Crippen LogP contribution in [-0.4, -0.2) is 21.0 Å². The maximum atomic E-state index is 12.8. The first kappa shape index (κ1) is 16.9. The van der Waals surface area contributed by atoms with Crippen molar-refractivity contribution in [2.75, 3.05) is 0 Å². The van der Waals surface area contributed by atoms with Crippen LogP contribution in [0.1, 0.15) is 47.1 Å². The minimum Gasteiger partial charge on any atom is -0.352 e. The summed E-state index contributed by atoms with van der Waals surface area (Å²) in [4.78, 5) is 20.8. The summed E-state index contributed by atoms with van der Waals surface area (Å²) in [5.74, 6) is 0.0228. The molecule has 0 radical (unpaired) electrons. The van der Waals surface area contributed by atoms with E-state index in [9.17, 15) is 10.1 Å². The van der Waals surface area contributed by atoms with E-state index in [1.807, 2.05) is 43.3 Å². The van der Waals surface area contributed by atoms with Gasteiger partial charge in [-0.2, -0.15) is 5.26 Å². The van der Waals surface area contributed by atoms with E-state index < -0.39 is 0 Å². The van der Waals surface area contributed by atoms with Gasteiger partial charge in [-0.3, -0.25) is 4.79 Å². The molecule has 1 aromatic carbocycles. The summed E-state index contributed by atoms with van der Waals surface area (Å²) in [5, 5.41) is 10.9. The molecule has 4 nitrogen and oxygen atoms in total. The number of hydrogen-bond acceptors (Lipinski definition) is 4. The van der Waals surface area contributed by atoms with E-state index in [4.69, 9.17) is 4.98 Å². The number of carbonyl (C=O) groups excluding carboxylic acids is 1. The number of aryl methyl sites for hydroxylation is 2. The first-order chi connectivity index (χ1) is 12.7. The Morgan fingerprint density at radius 2 is 2.08 bits per heavy atom. The first-order valence-corrected chi connectivity index (χ1v) is 9.75. The third-order valence-electron chi connectivity index (χ3n) is 4.84.